The molecule has 0 fully saturated rings. The second-order valence-corrected chi connectivity index (χ2v) is 7.17. The number of aromatic nitrogens is 3. The van der Waals surface area contributed by atoms with Gasteiger partial charge in [-0.05, 0) is 29.6 Å². The molecule has 4 nitrogen and oxygen atoms in total. The molecule has 120 valence electrons. The fourth-order valence-electron chi connectivity index (χ4n) is 2.53. The van der Waals surface area contributed by atoms with E-state index >= 15 is 0 Å². The molecule has 0 saturated heterocycles. The number of nitrogens with zero attached hydrogens (tertiary/aromatic N) is 3. The molecule has 24 heavy (non-hydrogen) atoms. The van der Waals surface area contributed by atoms with Gasteiger partial charge in [0.1, 0.15) is 17.0 Å². The van der Waals surface area contributed by atoms with E-state index in [0.717, 1.165) is 10.6 Å². The lowest BCUT2D eigenvalue weighted by Gasteiger charge is -2.07. The number of thiophene rings is 1. The lowest BCUT2D eigenvalue weighted by atomic mass is 10.2. The van der Waals surface area contributed by atoms with Crippen LogP contribution in [0, 0.1) is 5.82 Å². The summed E-state index contributed by atoms with van der Waals surface area (Å²) in [5.41, 5.74) is 1.49. The molecule has 0 aliphatic heterocycles. The van der Waals surface area contributed by atoms with Gasteiger partial charge in [-0.1, -0.05) is 28.1 Å². The molecule has 0 spiro atoms. The average Bonchev–Trinajstić information content (AvgIpc) is 3.21. The van der Waals surface area contributed by atoms with Crippen molar-refractivity contribution < 1.29 is 4.39 Å². The van der Waals surface area contributed by atoms with Crippen LogP contribution in [-0.2, 0) is 6.54 Å². The summed E-state index contributed by atoms with van der Waals surface area (Å²) in [5, 5.41) is 6.39. The minimum absolute atomic E-state index is 0.175. The van der Waals surface area contributed by atoms with Gasteiger partial charge in [0.15, 0.2) is 0 Å². The molecular formula is C17H11BrFN3OS. The quantitative estimate of drug-likeness (QED) is 0.514. The van der Waals surface area contributed by atoms with E-state index in [2.05, 4.69) is 21.0 Å². The molecule has 4 rings (SSSR count). The highest BCUT2D eigenvalue weighted by molar-refractivity contribution is 9.10. The number of benzene rings is 1. The average molecular weight is 404 g/mol. The minimum Gasteiger partial charge on any atom is -0.308 e. The molecule has 0 aliphatic carbocycles. The first-order valence-corrected chi connectivity index (χ1v) is 8.86. The summed E-state index contributed by atoms with van der Waals surface area (Å²) in [5.74, 6) is -0.344. The Morgan fingerprint density at radius 3 is 2.83 bits per heavy atom. The fraction of sp³-hybridized carbons (Fsp3) is 0.0588. The zero-order chi connectivity index (χ0) is 16.7. The molecule has 1 aromatic carbocycles. The van der Waals surface area contributed by atoms with Crippen LogP contribution in [0.25, 0.3) is 16.1 Å². The third kappa shape index (κ3) is 2.70. The Bertz CT molecular complexity index is 1090. The van der Waals surface area contributed by atoms with Crippen molar-refractivity contribution in [2.45, 2.75) is 6.54 Å². The Morgan fingerprint density at radius 1 is 1.21 bits per heavy atom. The summed E-state index contributed by atoms with van der Waals surface area (Å²) >= 11 is 4.80. The number of halogens is 2. The maximum Gasteiger partial charge on any atom is 0.276 e. The maximum atomic E-state index is 14.0. The van der Waals surface area contributed by atoms with Crippen LogP contribution in [0.3, 0.4) is 0 Å². The van der Waals surface area contributed by atoms with Crippen molar-refractivity contribution in [1.82, 2.24) is 14.2 Å². The SMILES string of the molecule is O=c1c2cc(-c3cccs3)nn2ccn1Cc1ccc(Br)cc1F. The van der Waals surface area contributed by atoms with E-state index in [-0.39, 0.29) is 17.9 Å². The number of hydrogen-bond donors (Lipinski definition) is 0. The normalized spacial score (nSPS) is 11.2. The van der Waals surface area contributed by atoms with Gasteiger partial charge >= 0.3 is 0 Å². The van der Waals surface area contributed by atoms with Crippen LogP contribution in [0.15, 0.2) is 63.4 Å². The molecule has 0 aliphatic rings. The first kappa shape index (κ1) is 15.3. The summed E-state index contributed by atoms with van der Waals surface area (Å²) in [6.07, 6.45) is 3.34. The van der Waals surface area contributed by atoms with E-state index in [4.69, 9.17) is 0 Å². The van der Waals surface area contributed by atoms with Crippen LogP contribution in [-0.4, -0.2) is 14.2 Å². The summed E-state index contributed by atoms with van der Waals surface area (Å²) in [4.78, 5) is 13.7. The molecule has 3 heterocycles. The fourth-order valence-corrected chi connectivity index (χ4v) is 3.54. The summed E-state index contributed by atoms with van der Waals surface area (Å²) in [6.45, 7) is 0.175. The van der Waals surface area contributed by atoms with E-state index < -0.39 is 0 Å². The third-order valence-electron chi connectivity index (χ3n) is 3.73. The van der Waals surface area contributed by atoms with Crippen LogP contribution in [0.2, 0.25) is 0 Å². The topological polar surface area (TPSA) is 39.3 Å². The van der Waals surface area contributed by atoms with E-state index in [1.165, 1.54) is 10.6 Å². The Kier molecular flexibility index (Phi) is 3.82. The van der Waals surface area contributed by atoms with Gasteiger partial charge in [-0.2, -0.15) is 5.10 Å². The Balaban J connectivity index is 1.77. The predicted molar refractivity (Wildman–Crippen MR) is 96.0 cm³/mol. The van der Waals surface area contributed by atoms with Gasteiger partial charge in [0.05, 0.1) is 11.4 Å². The summed E-state index contributed by atoms with van der Waals surface area (Å²) < 4.78 is 17.7. The first-order valence-electron chi connectivity index (χ1n) is 7.18. The first-order chi connectivity index (χ1) is 11.6. The van der Waals surface area contributed by atoms with Gasteiger partial charge in [-0.15, -0.1) is 11.3 Å². The molecule has 4 aromatic rings. The van der Waals surface area contributed by atoms with Crippen LogP contribution < -0.4 is 5.56 Å². The van der Waals surface area contributed by atoms with Crippen LogP contribution in [0.1, 0.15) is 5.56 Å². The van der Waals surface area contributed by atoms with Crippen molar-refractivity contribution in [3.05, 3.63) is 80.4 Å². The maximum absolute atomic E-state index is 14.0. The van der Waals surface area contributed by atoms with Crippen molar-refractivity contribution >= 4 is 32.8 Å². The highest BCUT2D eigenvalue weighted by atomic mass is 79.9. The van der Waals surface area contributed by atoms with Gasteiger partial charge in [0.2, 0.25) is 0 Å². The number of fused-ring (bicyclic) bond motifs is 1. The molecule has 0 saturated carbocycles. The van der Waals surface area contributed by atoms with E-state index in [9.17, 15) is 9.18 Å². The third-order valence-corrected chi connectivity index (χ3v) is 5.12. The second-order valence-electron chi connectivity index (χ2n) is 5.30. The minimum atomic E-state index is -0.344. The van der Waals surface area contributed by atoms with Gasteiger partial charge in [0.25, 0.3) is 5.56 Å². The summed E-state index contributed by atoms with van der Waals surface area (Å²) in [6, 6.07) is 10.5. The lowest BCUT2D eigenvalue weighted by Crippen LogP contribution is -2.22. The van der Waals surface area contributed by atoms with Crippen molar-refractivity contribution in [2.24, 2.45) is 0 Å². The predicted octanol–water partition coefficient (Wildman–Crippen LogP) is 4.17. The van der Waals surface area contributed by atoms with Crippen molar-refractivity contribution in [3.63, 3.8) is 0 Å². The van der Waals surface area contributed by atoms with Gasteiger partial charge < -0.3 is 4.57 Å². The van der Waals surface area contributed by atoms with Crippen molar-refractivity contribution in [3.8, 4) is 10.6 Å². The lowest BCUT2D eigenvalue weighted by molar-refractivity contribution is 0.594. The van der Waals surface area contributed by atoms with E-state index in [1.54, 1.807) is 46.4 Å². The molecule has 0 amide bonds. The van der Waals surface area contributed by atoms with Crippen LogP contribution in [0.4, 0.5) is 4.39 Å². The molecule has 0 unspecified atom stereocenters. The molecule has 0 bridgehead atoms. The zero-order valence-electron chi connectivity index (χ0n) is 12.3. The largest absolute Gasteiger partial charge is 0.308 e. The van der Waals surface area contributed by atoms with E-state index in [1.807, 2.05) is 17.5 Å². The monoisotopic (exact) mass is 403 g/mol. The second kappa shape index (κ2) is 5.99. The molecule has 0 atom stereocenters. The van der Waals surface area contributed by atoms with Gasteiger partial charge in [0, 0.05) is 22.4 Å². The smallest absolute Gasteiger partial charge is 0.276 e. The standard InChI is InChI=1S/C17H11BrFN3OS/c18-12-4-3-11(13(19)8-12)10-21-5-6-22-15(17(21)23)9-14(20-22)16-2-1-7-24-16/h1-9H,10H2. The summed E-state index contributed by atoms with van der Waals surface area (Å²) in [7, 11) is 0. The molecule has 0 radical (unpaired) electrons. The number of rotatable bonds is 3. The van der Waals surface area contributed by atoms with Crippen molar-refractivity contribution in [1.29, 1.82) is 0 Å². The van der Waals surface area contributed by atoms with Crippen LogP contribution in [0.5, 0.6) is 0 Å². The Labute approximate surface area is 148 Å². The van der Waals surface area contributed by atoms with E-state index in [0.29, 0.717) is 15.6 Å². The Morgan fingerprint density at radius 2 is 2.08 bits per heavy atom. The molecule has 7 heteroatoms. The highest BCUT2D eigenvalue weighted by Gasteiger charge is 2.11. The molecular weight excluding hydrogens is 393 g/mol. The van der Waals surface area contributed by atoms with Crippen LogP contribution >= 0.6 is 27.3 Å². The molecule has 0 N–H and O–H groups in total. The highest BCUT2D eigenvalue weighted by Crippen LogP contribution is 2.23. The van der Waals surface area contributed by atoms with Gasteiger partial charge in [-0.3, -0.25) is 4.79 Å². The Hall–Kier alpha value is -2.25. The molecule has 3 aromatic heterocycles. The zero-order valence-corrected chi connectivity index (χ0v) is 14.7. The van der Waals surface area contributed by atoms with Gasteiger partial charge in [-0.25, -0.2) is 8.91 Å². The number of hydrogen-bond acceptors (Lipinski definition) is 3. The van der Waals surface area contributed by atoms with Crippen molar-refractivity contribution in [2.75, 3.05) is 0 Å².